The highest BCUT2D eigenvalue weighted by molar-refractivity contribution is 6.07. The minimum atomic E-state index is -0.420. The summed E-state index contributed by atoms with van der Waals surface area (Å²) in [6, 6.07) is 9.79. The Kier molecular flexibility index (Phi) is 4.94. The monoisotopic (exact) mass is 445 g/mol. The number of carbonyl (C=O) groups excluding carboxylic acids is 1. The minimum Gasteiger partial charge on any atom is -0.472 e. The molecule has 1 aromatic carbocycles. The van der Waals surface area contributed by atoms with Gasteiger partial charge in [-0.3, -0.25) is 9.88 Å². The van der Waals surface area contributed by atoms with Crippen LogP contribution >= 0.6 is 0 Å². The molecule has 2 fully saturated rings. The summed E-state index contributed by atoms with van der Waals surface area (Å²) >= 11 is 0. The summed E-state index contributed by atoms with van der Waals surface area (Å²) in [5, 5.41) is 0.964. The van der Waals surface area contributed by atoms with E-state index in [1.807, 2.05) is 38.1 Å². The maximum atomic E-state index is 13.4. The molecule has 1 N–H and O–H groups in total. The third-order valence-corrected chi connectivity index (χ3v) is 7.91. The second kappa shape index (κ2) is 7.87. The topological polar surface area (TPSA) is 67.5 Å². The van der Waals surface area contributed by atoms with Crippen molar-refractivity contribution in [2.75, 3.05) is 13.1 Å². The number of aryl methyl sites for hydroxylation is 1. The maximum absolute atomic E-state index is 13.4. The van der Waals surface area contributed by atoms with Gasteiger partial charge in [0.1, 0.15) is 11.9 Å². The SMILES string of the molecule is Cc1[nH]c2ccc3c(c2c1C(=O)OC(C)c1ccccn1)CC1CCCN2CCCCC12O3. The second-order valence-corrected chi connectivity index (χ2v) is 9.83. The zero-order valence-electron chi connectivity index (χ0n) is 19.4. The van der Waals surface area contributed by atoms with Gasteiger partial charge in [-0.2, -0.15) is 0 Å². The molecule has 33 heavy (non-hydrogen) atoms. The van der Waals surface area contributed by atoms with Gasteiger partial charge in [-0.05, 0) is 70.2 Å². The molecule has 3 unspecified atom stereocenters. The van der Waals surface area contributed by atoms with Crippen LogP contribution in [0.15, 0.2) is 36.5 Å². The zero-order valence-corrected chi connectivity index (χ0v) is 19.4. The molecule has 3 aromatic rings. The molecule has 6 heteroatoms. The van der Waals surface area contributed by atoms with E-state index in [9.17, 15) is 4.79 Å². The average molecular weight is 446 g/mol. The van der Waals surface area contributed by atoms with Gasteiger partial charge in [0.05, 0.1) is 11.3 Å². The van der Waals surface area contributed by atoms with Crippen LogP contribution in [0.4, 0.5) is 0 Å². The fourth-order valence-electron chi connectivity index (χ4n) is 6.36. The number of pyridine rings is 1. The summed E-state index contributed by atoms with van der Waals surface area (Å²) in [7, 11) is 0. The highest BCUT2D eigenvalue weighted by Crippen LogP contribution is 2.50. The molecule has 172 valence electrons. The number of esters is 1. The Hall–Kier alpha value is -2.86. The van der Waals surface area contributed by atoms with Gasteiger partial charge >= 0.3 is 5.97 Å². The van der Waals surface area contributed by atoms with Crippen molar-refractivity contribution >= 4 is 16.9 Å². The summed E-state index contributed by atoms with van der Waals surface area (Å²) in [5.74, 6) is 1.07. The van der Waals surface area contributed by atoms with Crippen molar-refractivity contribution in [2.24, 2.45) is 5.92 Å². The van der Waals surface area contributed by atoms with Crippen LogP contribution in [0.5, 0.6) is 5.75 Å². The Morgan fingerprint density at radius 3 is 2.97 bits per heavy atom. The molecule has 3 aliphatic rings. The van der Waals surface area contributed by atoms with E-state index in [1.165, 1.54) is 25.7 Å². The van der Waals surface area contributed by atoms with Crippen molar-refractivity contribution in [3.8, 4) is 5.75 Å². The Balaban J connectivity index is 1.39. The number of rotatable bonds is 3. The number of benzene rings is 1. The number of nitrogens with zero attached hydrogens (tertiary/aromatic N) is 2. The molecule has 6 nitrogen and oxygen atoms in total. The van der Waals surface area contributed by atoms with Crippen LogP contribution in [-0.2, 0) is 11.2 Å². The van der Waals surface area contributed by atoms with E-state index in [0.717, 1.165) is 59.5 Å². The quantitative estimate of drug-likeness (QED) is 0.553. The number of ether oxygens (including phenoxy) is 2. The molecule has 5 heterocycles. The van der Waals surface area contributed by atoms with E-state index in [4.69, 9.17) is 9.47 Å². The molecule has 1 spiro atoms. The normalized spacial score (nSPS) is 25.5. The van der Waals surface area contributed by atoms with Crippen LogP contribution in [0.2, 0.25) is 0 Å². The Bertz CT molecular complexity index is 1200. The fraction of sp³-hybridized carbons (Fsp3) is 0.481. The summed E-state index contributed by atoms with van der Waals surface area (Å²) in [6.07, 6.45) is 8.20. The van der Waals surface area contributed by atoms with Crippen molar-refractivity contribution < 1.29 is 14.3 Å². The molecule has 6 rings (SSSR count). The van der Waals surface area contributed by atoms with Crippen LogP contribution < -0.4 is 4.74 Å². The van der Waals surface area contributed by atoms with E-state index in [-0.39, 0.29) is 11.7 Å². The van der Waals surface area contributed by atoms with Gasteiger partial charge in [-0.1, -0.05) is 6.07 Å². The molecule has 2 aromatic heterocycles. The number of fused-ring (bicyclic) bond motifs is 3. The zero-order chi connectivity index (χ0) is 22.6. The van der Waals surface area contributed by atoms with Crippen LogP contribution in [0.25, 0.3) is 10.9 Å². The minimum absolute atomic E-state index is 0.170. The average Bonchev–Trinajstić information content (AvgIpc) is 3.18. The van der Waals surface area contributed by atoms with Crippen molar-refractivity contribution in [1.29, 1.82) is 0 Å². The van der Waals surface area contributed by atoms with Gasteiger partial charge in [0.25, 0.3) is 0 Å². The number of H-pyrrole nitrogens is 1. The van der Waals surface area contributed by atoms with E-state index in [2.05, 4.69) is 20.9 Å². The van der Waals surface area contributed by atoms with Crippen molar-refractivity contribution in [1.82, 2.24) is 14.9 Å². The lowest BCUT2D eigenvalue weighted by atomic mass is 9.74. The lowest BCUT2D eigenvalue weighted by Crippen LogP contribution is -2.64. The molecule has 0 amide bonds. The van der Waals surface area contributed by atoms with Crippen LogP contribution in [-0.4, -0.2) is 39.7 Å². The van der Waals surface area contributed by atoms with Crippen molar-refractivity contribution in [3.05, 3.63) is 59.0 Å². The molecule has 2 saturated heterocycles. The van der Waals surface area contributed by atoms with E-state index in [1.54, 1.807) is 6.20 Å². The lowest BCUT2D eigenvalue weighted by molar-refractivity contribution is -0.177. The van der Waals surface area contributed by atoms with Crippen LogP contribution in [0, 0.1) is 12.8 Å². The molecule has 0 radical (unpaired) electrons. The maximum Gasteiger partial charge on any atom is 0.341 e. The lowest BCUT2D eigenvalue weighted by Gasteiger charge is -2.56. The van der Waals surface area contributed by atoms with Crippen LogP contribution in [0.3, 0.4) is 0 Å². The third-order valence-electron chi connectivity index (χ3n) is 7.91. The standard InChI is InChI=1S/C27H31N3O3/c1-17-24(26(31)32-18(2)21-9-3-5-13-28-21)25-20-16-19-8-7-15-30-14-6-4-12-27(19,30)33-23(20)11-10-22(25)29-17/h3,5,9-11,13,18-19,29H,4,6-8,12,14-16H2,1-2H3. The largest absolute Gasteiger partial charge is 0.472 e. The number of aromatic amines is 1. The number of nitrogens with one attached hydrogen (secondary N) is 1. The van der Waals surface area contributed by atoms with Gasteiger partial charge in [0, 0.05) is 53.8 Å². The van der Waals surface area contributed by atoms with Gasteiger partial charge in [-0.25, -0.2) is 4.79 Å². The molecular formula is C27H31N3O3. The molecule has 3 atom stereocenters. The second-order valence-electron chi connectivity index (χ2n) is 9.83. The first-order valence-corrected chi connectivity index (χ1v) is 12.3. The first-order chi connectivity index (χ1) is 16.1. The van der Waals surface area contributed by atoms with Crippen molar-refractivity contribution in [2.45, 2.75) is 64.2 Å². The van der Waals surface area contributed by atoms with E-state index >= 15 is 0 Å². The van der Waals surface area contributed by atoms with Gasteiger partial charge in [0.2, 0.25) is 0 Å². The number of hydrogen-bond donors (Lipinski definition) is 1. The predicted molar refractivity (Wildman–Crippen MR) is 126 cm³/mol. The summed E-state index contributed by atoms with van der Waals surface area (Å²) < 4.78 is 12.8. The van der Waals surface area contributed by atoms with E-state index in [0.29, 0.717) is 11.5 Å². The molecule has 0 saturated carbocycles. The number of carbonyl (C=O) groups is 1. The van der Waals surface area contributed by atoms with Crippen molar-refractivity contribution in [3.63, 3.8) is 0 Å². The molecular weight excluding hydrogens is 414 g/mol. The van der Waals surface area contributed by atoms with Gasteiger partial charge in [0.15, 0.2) is 5.72 Å². The fourth-order valence-corrected chi connectivity index (χ4v) is 6.36. The van der Waals surface area contributed by atoms with E-state index < -0.39 is 6.10 Å². The molecule has 0 bridgehead atoms. The Labute approximate surface area is 194 Å². The van der Waals surface area contributed by atoms with Crippen LogP contribution in [0.1, 0.15) is 72.4 Å². The Morgan fingerprint density at radius 2 is 2.12 bits per heavy atom. The highest BCUT2D eigenvalue weighted by atomic mass is 16.5. The smallest absolute Gasteiger partial charge is 0.341 e. The van der Waals surface area contributed by atoms with Gasteiger partial charge < -0.3 is 14.5 Å². The Morgan fingerprint density at radius 1 is 1.24 bits per heavy atom. The molecule has 3 aliphatic heterocycles. The third kappa shape index (κ3) is 3.26. The highest BCUT2D eigenvalue weighted by Gasteiger charge is 2.52. The van der Waals surface area contributed by atoms with Gasteiger partial charge in [-0.15, -0.1) is 0 Å². The summed E-state index contributed by atoms with van der Waals surface area (Å²) in [4.78, 5) is 23.7. The first kappa shape index (κ1) is 20.7. The summed E-state index contributed by atoms with van der Waals surface area (Å²) in [5.41, 5.74) is 4.16. The number of hydrogen-bond acceptors (Lipinski definition) is 5. The first-order valence-electron chi connectivity index (χ1n) is 12.3. The predicted octanol–water partition coefficient (Wildman–Crippen LogP) is 5.32. The molecule has 0 aliphatic carbocycles. The number of piperidine rings is 2. The number of aromatic nitrogens is 2. The summed E-state index contributed by atoms with van der Waals surface area (Å²) in [6.45, 7) is 6.07.